The number of hydrogen-bond donors (Lipinski definition) is 1. The highest BCUT2D eigenvalue weighted by atomic mass is 127. The van der Waals surface area contributed by atoms with Crippen LogP contribution in [0.2, 0.25) is 0 Å². The Morgan fingerprint density at radius 2 is 0.770 bits per heavy atom. The van der Waals surface area contributed by atoms with Crippen LogP contribution in [0.4, 0.5) is 11.4 Å². The molecule has 12 aromatic carbocycles. The second-order valence-electron chi connectivity index (χ2n) is 21.8. The summed E-state index contributed by atoms with van der Waals surface area (Å²) in [5.41, 5.74) is 21.1. The van der Waals surface area contributed by atoms with Gasteiger partial charge in [0.25, 0.3) is 11.4 Å². The van der Waals surface area contributed by atoms with Crippen LogP contribution < -0.4 is 0 Å². The zero-order valence-corrected chi connectivity index (χ0v) is 49.0. The second kappa shape index (κ2) is 22.7. The third-order valence-electron chi connectivity index (χ3n) is 17.2. The Bertz CT molecular complexity index is 4830. The third-order valence-corrected chi connectivity index (χ3v) is 17.9. The maximum absolute atomic E-state index is 11.7. The summed E-state index contributed by atoms with van der Waals surface area (Å²) in [7, 11) is 0. The van der Waals surface area contributed by atoms with Crippen LogP contribution in [0, 0.1) is 23.8 Å². The number of nitrogens with zero attached hydrogens (tertiary/aromatic N) is 3. The van der Waals surface area contributed by atoms with Gasteiger partial charge in [0.1, 0.15) is 0 Å². The van der Waals surface area contributed by atoms with Gasteiger partial charge in [-0.2, -0.15) is 0 Å². The molecule has 416 valence electrons. The number of nitrogens with one attached hydrogen (secondary N) is 1. The molecule has 0 spiro atoms. The fraction of sp³-hybridized carbons (Fsp3) is 0.0256. The molecule has 1 N–H and O–H groups in total. The molecule has 0 saturated heterocycles. The predicted octanol–water partition coefficient (Wildman–Crippen LogP) is 20.0. The fourth-order valence-electron chi connectivity index (χ4n) is 13.5. The van der Waals surface area contributed by atoms with E-state index >= 15 is 0 Å². The van der Waals surface area contributed by atoms with Gasteiger partial charge in [0.2, 0.25) is 0 Å². The van der Waals surface area contributed by atoms with Gasteiger partial charge in [0.05, 0.1) is 37.3 Å². The first kappa shape index (κ1) is 54.2. The van der Waals surface area contributed by atoms with E-state index in [1.54, 1.807) is 30.3 Å². The minimum atomic E-state index is -0.465. The van der Waals surface area contributed by atoms with Crippen molar-refractivity contribution in [2.75, 3.05) is 0 Å². The number of H-pyrrole nitrogens is 1. The zero-order valence-electron chi connectivity index (χ0n) is 46.9. The van der Waals surface area contributed by atoms with Gasteiger partial charge in [-0.25, -0.2) is 0 Å². The van der Waals surface area contributed by atoms with E-state index in [4.69, 9.17) is 0 Å². The molecule has 0 atom stereocenters. The molecule has 0 saturated carbocycles. The molecule has 2 heterocycles. The largest absolute Gasteiger partial charge is 0.361 e. The van der Waals surface area contributed by atoms with Crippen LogP contribution in [-0.2, 0) is 10.8 Å². The lowest BCUT2D eigenvalue weighted by Crippen LogP contribution is -2.28. The Morgan fingerprint density at radius 3 is 1.28 bits per heavy atom. The Kier molecular flexibility index (Phi) is 14.1. The maximum atomic E-state index is 11.7. The summed E-state index contributed by atoms with van der Waals surface area (Å²) in [4.78, 5) is 25.1. The lowest BCUT2D eigenvalue weighted by atomic mass is 9.67. The van der Waals surface area contributed by atoms with Crippen LogP contribution in [0.15, 0.2) is 316 Å². The third kappa shape index (κ3) is 9.31. The Labute approximate surface area is 516 Å². The molecular formula is C78H53IN4O4. The van der Waals surface area contributed by atoms with Gasteiger partial charge >= 0.3 is 0 Å². The van der Waals surface area contributed by atoms with Gasteiger partial charge in [-0.15, -0.1) is 0 Å². The van der Waals surface area contributed by atoms with Gasteiger partial charge in [-0.1, -0.05) is 218 Å². The van der Waals surface area contributed by atoms with E-state index in [1.165, 1.54) is 76.4 Å². The summed E-state index contributed by atoms with van der Waals surface area (Å²) >= 11 is 2.43. The van der Waals surface area contributed by atoms with Crippen LogP contribution in [0.5, 0.6) is 0 Å². The van der Waals surface area contributed by atoms with Crippen LogP contribution in [0.25, 0.3) is 72.0 Å². The number of fused-ring (bicyclic) bond motifs is 8. The molecule has 2 aromatic heterocycles. The molecule has 8 nitrogen and oxygen atoms in total. The van der Waals surface area contributed by atoms with Gasteiger partial charge in [0, 0.05) is 44.7 Å². The standard InChI is InChI=1S/C39H26N2O2.C25H17I.C14H10N2O2/c42-41(43)38-18-10-8-15-32(38)27-19-22-37-28(25-27)23-24-40(37)31-20-21-34-33-16-7-9-17-35(33)39(36(34)26-31,29-11-3-1-4-12-29)30-13-5-2-6-14-30;26-20-15-16-22-21-13-7-8-14-23(21)25(24(22)17-20,18-9-3-1-4-10-18)19-11-5-2-6-12-19;17-16(18)14-4-2-1-3-12(14)10-5-6-13-11(9-10)7-8-15-13/h1-26H;1-17H;1-9,15H. The molecule has 0 bridgehead atoms. The highest BCUT2D eigenvalue weighted by Gasteiger charge is 2.47. The highest BCUT2D eigenvalue weighted by molar-refractivity contribution is 14.1. The number of aromatic amines is 1. The van der Waals surface area contributed by atoms with E-state index in [0.717, 1.165) is 38.6 Å². The molecule has 0 radical (unpaired) electrons. The number of rotatable bonds is 9. The average Bonchev–Trinajstić information content (AvgIpc) is 1.63. The Morgan fingerprint density at radius 1 is 0.356 bits per heavy atom. The summed E-state index contributed by atoms with van der Waals surface area (Å²) in [5, 5.41) is 24.8. The fourth-order valence-corrected chi connectivity index (χ4v) is 14.0. The summed E-state index contributed by atoms with van der Waals surface area (Å²) in [6, 6.07) is 104. The molecular weight excluding hydrogens is 1180 g/mol. The average molecular weight is 1240 g/mol. The molecule has 87 heavy (non-hydrogen) atoms. The molecule has 2 aliphatic carbocycles. The summed E-state index contributed by atoms with van der Waals surface area (Å²) in [6.45, 7) is 0. The Balaban J connectivity index is 0.000000128. The van der Waals surface area contributed by atoms with E-state index in [1.807, 2.05) is 54.7 Å². The molecule has 0 unspecified atom stereocenters. The molecule has 0 amide bonds. The molecule has 0 aliphatic heterocycles. The van der Waals surface area contributed by atoms with E-state index < -0.39 is 5.41 Å². The first-order valence-corrected chi connectivity index (χ1v) is 29.8. The maximum Gasteiger partial charge on any atom is 0.277 e. The van der Waals surface area contributed by atoms with Crippen molar-refractivity contribution in [2.45, 2.75) is 10.8 Å². The van der Waals surface area contributed by atoms with Crippen LogP contribution in [-0.4, -0.2) is 19.4 Å². The van der Waals surface area contributed by atoms with Crippen molar-refractivity contribution in [1.29, 1.82) is 0 Å². The van der Waals surface area contributed by atoms with Crippen LogP contribution >= 0.6 is 22.6 Å². The number of nitro groups is 2. The number of hydrogen-bond acceptors (Lipinski definition) is 4. The number of para-hydroxylation sites is 2. The van der Waals surface area contributed by atoms with E-state index in [2.05, 4.69) is 257 Å². The molecule has 14 aromatic rings. The lowest BCUT2D eigenvalue weighted by Gasteiger charge is -2.34. The van der Waals surface area contributed by atoms with Crippen molar-refractivity contribution in [3.8, 4) is 50.2 Å². The minimum Gasteiger partial charge on any atom is -0.361 e. The van der Waals surface area contributed by atoms with E-state index in [0.29, 0.717) is 11.1 Å². The predicted molar refractivity (Wildman–Crippen MR) is 360 cm³/mol. The van der Waals surface area contributed by atoms with Gasteiger partial charge in [-0.3, -0.25) is 20.2 Å². The second-order valence-corrected chi connectivity index (χ2v) is 23.0. The molecule has 9 heteroatoms. The van der Waals surface area contributed by atoms with Crippen molar-refractivity contribution in [3.63, 3.8) is 0 Å². The number of aromatic nitrogens is 2. The van der Waals surface area contributed by atoms with Gasteiger partial charge in [-0.05, 0) is 179 Å². The van der Waals surface area contributed by atoms with Gasteiger partial charge < -0.3 is 9.55 Å². The smallest absolute Gasteiger partial charge is 0.277 e. The van der Waals surface area contributed by atoms with Crippen molar-refractivity contribution in [1.82, 2.24) is 9.55 Å². The summed E-state index contributed by atoms with van der Waals surface area (Å²) < 4.78 is 3.48. The van der Waals surface area contributed by atoms with Crippen molar-refractivity contribution in [2.24, 2.45) is 0 Å². The lowest BCUT2D eigenvalue weighted by molar-refractivity contribution is -0.384. The van der Waals surface area contributed by atoms with E-state index in [9.17, 15) is 20.2 Å². The number of halogens is 1. The first-order chi connectivity index (χ1) is 42.7. The SMILES string of the molecule is Ic1ccc2c(c1)C(c1ccccc1)(c1ccccc1)c1ccccc1-2.O=[N+]([O-])c1ccccc1-c1ccc2[nH]ccc2c1.O=[N+]([O-])c1ccccc1-c1ccc2c(ccn2-c2ccc3c(c2)C(c2ccccc2)(c2ccccc2)c2ccccc2-3)c1. The molecule has 16 rings (SSSR count). The zero-order chi connectivity index (χ0) is 59.1. The molecule has 0 fully saturated rings. The molecule has 2 aliphatic rings. The number of benzene rings is 12. The highest BCUT2D eigenvalue weighted by Crippen LogP contribution is 2.58. The van der Waals surface area contributed by atoms with Crippen LogP contribution in [0.3, 0.4) is 0 Å². The monoisotopic (exact) mass is 1240 g/mol. The van der Waals surface area contributed by atoms with Crippen molar-refractivity contribution in [3.05, 3.63) is 384 Å². The summed E-state index contributed by atoms with van der Waals surface area (Å²) in [5.74, 6) is 0. The van der Waals surface area contributed by atoms with Crippen molar-refractivity contribution < 1.29 is 9.85 Å². The van der Waals surface area contributed by atoms with Crippen LogP contribution in [0.1, 0.15) is 44.5 Å². The van der Waals surface area contributed by atoms with Crippen molar-refractivity contribution >= 4 is 55.8 Å². The normalized spacial score (nSPS) is 12.8. The summed E-state index contributed by atoms with van der Waals surface area (Å²) in [6.07, 6.45) is 3.94. The topological polar surface area (TPSA) is 107 Å². The Hall–Kier alpha value is -10.8. The van der Waals surface area contributed by atoms with E-state index in [-0.39, 0.29) is 26.6 Å². The van der Waals surface area contributed by atoms with Gasteiger partial charge in [0.15, 0.2) is 0 Å². The number of nitro benzene ring substituents is 2. The first-order valence-electron chi connectivity index (χ1n) is 28.8. The minimum absolute atomic E-state index is 0.109. The quantitative estimate of drug-likeness (QED) is 0.0882.